The number of carbonyl (C=O) groups is 3. The fraction of sp³-hybridized carbons (Fsp3) is 0.105. The summed E-state index contributed by atoms with van der Waals surface area (Å²) in [7, 11) is 0. The second-order valence-electron chi connectivity index (χ2n) is 5.82. The van der Waals surface area contributed by atoms with Gasteiger partial charge in [-0.25, -0.2) is 4.79 Å². The van der Waals surface area contributed by atoms with E-state index in [1.165, 1.54) is 12.3 Å². The van der Waals surface area contributed by atoms with E-state index in [0.29, 0.717) is 5.56 Å². The molecule has 2 aromatic rings. The first-order valence-corrected chi connectivity index (χ1v) is 9.05. The summed E-state index contributed by atoms with van der Waals surface area (Å²) in [5.74, 6) is -2.48. The lowest BCUT2D eigenvalue weighted by Crippen LogP contribution is -2.26. The maximum atomic E-state index is 11.7. The van der Waals surface area contributed by atoms with Gasteiger partial charge < -0.3 is 15.5 Å². The van der Waals surface area contributed by atoms with Crippen LogP contribution < -0.4 is 5.32 Å². The molecular weight excluding hydrogens is 382 g/mol. The second kappa shape index (κ2) is 8.49. The second-order valence-corrected chi connectivity index (χ2v) is 7.01. The van der Waals surface area contributed by atoms with Gasteiger partial charge in [-0.05, 0) is 23.3 Å². The lowest BCUT2D eigenvalue weighted by molar-refractivity contribution is -0.138. The Morgan fingerprint density at radius 2 is 1.93 bits per heavy atom. The van der Waals surface area contributed by atoms with Crippen molar-refractivity contribution >= 4 is 41.0 Å². The molecule has 0 bridgehead atoms. The number of nitrogens with one attached hydrogen (secondary N) is 1. The zero-order chi connectivity index (χ0) is 20.1. The molecule has 2 aromatic carbocycles. The standard InChI is InChI=1S/C19H15N3O5S/c23-16(24)9-15-17(25)21-19(28-15)22-20-10-13-4-1-2-7-14(13)11-5-3-6-12(8-11)18(26)27/h1-8,10,15H,9H2,(H,23,24)(H,26,27)(H,21,22,25). The van der Waals surface area contributed by atoms with Crippen LogP contribution in [0.5, 0.6) is 0 Å². The quantitative estimate of drug-likeness (QED) is 0.507. The van der Waals surface area contributed by atoms with E-state index in [-0.39, 0.29) is 17.2 Å². The number of carboxylic acids is 2. The Morgan fingerprint density at radius 1 is 1.14 bits per heavy atom. The minimum atomic E-state index is -1.06. The van der Waals surface area contributed by atoms with Crippen LogP contribution in [0.1, 0.15) is 22.3 Å². The third kappa shape index (κ3) is 4.63. The molecule has 0 aliphatic carbocycles. The van der Waals surface area contributed by atoms with Crippen molar-refractivity contribution in [1.82, 2.24) is 5.32 Å². The smallest absolute Gasteiger partial charge is 0.335 e. The minimum Gasteiger partial charge on any atom is -0.481 e. The molecule has 1 aliphatic heterocycles. The molecule has 9 heteroatoms. The fourth-order valence-electron chi connectivity index (χ4n) is 2.58. The van der Waals surface area contributed by atoms with E-state index in [0.717, 1.165) is 22.9 Å². The van der Waals surface area contributed by atoms with Gasteiger partial charge in [-0.15, -0.1) is 5.10 Å². The van der Waals surface area contributed by atoms with E-state index in [2.05, 4.69) is 15.5 Å². The van der Waals surface area contributed by atoms with Gasteiger partial charge in [0.1, 0.15) is 5.25 Å². The van der Waals surface area contributed by atoms with Crippen LogP contribution in [0.25, 0.3) is 11.1 Å². The van der Waals surface area contributed by atoms with Gasteiger partial charge in [0.25, 0.3) is 0 Å². The number of aliphatic carboxylic acids is 1. The number of thioether (sulfide) groups is 1. The van der Waals surface area contributed by atoms with Crippen LogP contribution in [0.3, 0.4) is 0 Å². The summed E-state index contributed by atoms with van der Waals surface area (Å²) in [5, 5.41) is 27.9. The molecule has 3 N–H and O–H groups in total. The number of hydrogen-bond acceptors (Lipinski definition) is 6. The molecule has 1 heterocycles. The molecule has 1 atom stereocenters. The largest absolute Gasteiger partial charge is 0.481 e. The SMILES string of the molecule is O=C(O)CC1SC(=NN=Cc2ccccc2-c2cccc(C(=O)O)c2)NC1=O. The molecule has 142 valence electrons. The Balaban J connectivity index is 1.81. The molecule has 1 saturated heterocycles. The Kier molecular flexibility index (Phi) is 5.85. The average molecular weight is 397 g/mol. The number of aromatic carboxylic acids is 1. The first-order chi connectivity index (χ1) is 13.4. The van der Waals surface area contributed by atoms with Gasteiger partial charge in [0.15, 0.2) is 5.17 Å². The van der Waals surface area contributed by atoms with Gasteiger partial charge in [0.05, 0.1) is 18.2 Å². The molecule has 8 nitrogen and oxygen atoms in total. The lowest BCUT2D eigenvalue weighted by atomic mass is 9.99. The molecule has 0 saturated carbocycles. The fourth-order valence-corrected chi connectivity index (χ4v) is 3.50. The highest BCUT2D eigenvalue weighted by molar-refractivity contribution is 8.15. The first-order valence-electron chi connectivity index (χ1n) is 8.17. The summed E-state index contributed by atoms with van der Waals surface area (Å²) in [6, 6.07) is 13.8. The van der Waals surface area contributed by atoms with E-state index in [4.69, 9.17) is 10.2 Å². The van der Waals surface area contributed by atoms with Crippen LogP contribution in [0.15, 0.2) is 58.7 Å². The number of amides is 1. The topological polar surface area (TPSA) is 128 Å². The summed E-state index contributed by atoms with van der Waals surface area (Å²) in [4.78, 5) is 33.6. The minimum absolute atomic E-state index is 0.180. The van der Waals surface area contributed by atoms with Crippen LogP contribution in [-0.4, -0.2) is 44.7 Å². The number of nitrogens with zero attached hydrogens (tertiary/aromatic N) is 2. The Morgan fingerprint density at radius 3 is 2.68 bits per heavy atom. The van der Waals surface area contributed by atoms with Crippen molar-refractivity contribution in [3.8, 4) is 11.1 Å². The summed E-state index contributed by atoms with van der Waals surface area (Å²) in [5.41, 5.74) is 2.39. The number of carbonyl (C=O) groups excluding carboxylic acids is 1. The van der Waals surface area contributed by atoms with E-state index in [1.807, 2.05) is 18.2 Å². The summed E-state index contributed by atoms with van der Waals surface area (Å²) in [6.07, 6.45) is 1.20. The van der Waals surface area contributed by atoms with Gasteiger partial charge in [-0.2, -0.15) is 5.10 Å². The number of amidine groups is 1. The van der Waals surface area contributed by atoms with E-state index in [9.17, 15) is 14.4 Å². The highest BCUT2D eigenvalue weighted by atomic mass is 32.2. The predicted octanol–water partition coefficient (Wildman–Crippen LogP) is 2.45. The Labute approximate surface area is 164 Å². The van der Waals surface area contributed by atoms with Crippen LogP contribution in [0.2, 0.25) is 0 Å². The van der Waals surface area contributed by atoms with Crippen molar-refractivity contribution in [2.45, 2.75) is 11.7 Å². The molecule has 28 heavy (non-hydrogen) atoms. The van der Waals surface area contributed by atoms with Crippen LogP contribution in [0, 0.1) is 0 Å². The summed E-state index contributed by atoms with van der Waals surface area (Å²) >= 11 is 1.02. The molecule has 3 rings (SSSR count). The normalized spacial score (nSPS) is 17.8. The maximum absolute atomic E-state index is 11.7. The number of hydrogen-bond donors (Lipinski definition) is 3. The molecule has 1 aliphatic rings. The zero-order valence-electron chi connectivity index (χ0n) is 14.4. The van der Waals surface area contributed by atoms with Crippen molar-refractivity contribution in [3.05, 3.63) is 59.7 Å². The predicted molar refractivity (Wildman–Crippen MR) is 106 cm³/mol. The third-order valence-corrected chi connectivity index (χ3v) is 4.94. The van der Waals surface area contributed by atoms with Crippen LogP contribution in [0.4, 0.5) is 0 Å². The van der Waals surface area contributed by atoms with Gasteiger partial charge in [0.2, 0.25) is 5.91 Å². The van der Waals surface area contributed by atoms with Gasteiger partial charge in [-0.1, -0.05) is 48.2 Å². The van der Waals surface area contributed by atoms with Crippen LogP contribution >= 0.6 is 11.8 Å². The van der Waals surface area contributed by atoms with Crippen molar-refractivity contribution in [2.75, 3.05) is 0 Å². The summed E-state index contributed by atoms with van der Waals surface area (Å²) in [6.45, 7) is 0. The molecule has 1 amide bonds. The lowest BCUT2D eigenvalue weighted by Gasteiger charge is -2.06. The Hall–Kier alpha value is -3.46. The number of carboxylic acid groups (broad SMARTS) is 2. The molecule has 0 aromatic heterocycles. The third-order valence-electron chi connectivity index (χ3n) is 3.86. The maximum Gasteiger partial charge on any atom is 0.335 e. The molecule has 1 fully saturated rings. The monoisotopic (exact) mass is 397 g/mol. The van der Waals surface area contributed by atoms with Crippen molar-refractivity contribution in [2.24, 2.45) is 10.2 Å². The van der Waals surface area contributed by atoms with Gasteiger partial charge in [-0.3, -0.25) is 9.59 Å². The Bertz CT molecular complexity index is 1000. The highest BCUT2D eigenvalue weighted by Gasteiger charge is 2.32. The van der Waals surface area contributed by atoms with Crippen LogP contribution in [-0.2, 0) is 9.59 Å². The van der Waals surface area contributed by atoms with Crippen molar-refractivity contribution in [1.29, 1.82) is 0 Å². The van der Waals surface area contributed by atoms with Gasteiger partial charge >= 0.3 is 11.9 Å². The van der Waals surface area contributed by atoms with E-state index < -0.39 is 23.1 Å². The first kappa shape index (κ1) is 19.3. The van der Waals surface area contributed by atoms with E-state index >= 15 is 0 Å². The summed E-state index contributed by atoms with van der Waals surface area (Å²) < 4.78 is 0. The highest BCUT2D eigenvalue weighted by Crippen LogP contribution is 2.24. The van der Waals surface area contributed by atoms with Crippen molar-refractivity contribution in [3.63, 3.8) is 0 Å². The zero-order valence-corrected chi connectivity index (χ0v) is 15.2. The average Bonchev–Trinajstić information content (AvgIpc) is 3.01. The molecule has 0 radical (unpaired) electrons. The molecule has 0 spiro atoms. The number of benzene rings is 2. The molecular formula is C19H15N3O5S. The van der Waals surface area contributed by atoms with Crippen molar-refractivity contribution < 1.29 is 24.6 Å². The van der Waals surface area contributed by atoms with E-state index in [1.54, 1.807) is 24.3 Å². The van der Waals surface area contributed by atoms with Gasteiger partial charge in [0, 0.05) is 5.56 Å². The number of rotatable bonds is 6. The molecule has 1 unspecified atom stereocenters.